The lowest BCUT2D eigenvalue weighted by Crippen LogP contribution is -2.22. The van der Waals surface area contributed by atoms with Crippen LogP contribution < -0.4 is 0 Å². The van der Waals surface area contributed by atoms with Gasteiger partial charge in [0.25, 0.3) is 0 Å². The lowest BCUT2D eigenvalue weighted by atomic mass is 9.78. The molecule has 0 bridgehead atoms. The van der Waals surface area contributed by atoms with Crippen LogP contribution in [-0.4, -0.2) is 24.3 Å². The molecule has 2 fully saturated rings. The summed E-state index contributed by atoms with van der Waals surface area (Å²) in [5, 5.41) is 0. The lowest BCUT2D eigenvalue weighted by molar-refractivity contribution is -0.136. The Balaban J connectivity index is 1.56. The van der Waals surface area contributed by atoms with Gasteiger partial charge in [0.15, 0.2) is 0 Å². The van der Waals surface area contributed by atoms with Gasteiger partial charge in [-0.15, -0.1) is 0 Å². The molecule has 126 valence electrons. The zero-order chi connectivity index (χ0) is 16.2. The lowest BCUT2D eigenvalue weighted by Gasteiger charge is -2.25. The average Bonchev–Trinajstić information content (AvgIpc) is 2.79. The number of carbonyl (C=O) groups excluding carboxylic acids is 1. The number of hydrogen-bond donors (Lipinski definition) is 0. The van der Waals surface area contributed by atoms with Gasteiger partial charge in [-0.1, -0.05) is 11.6 Å². The van der Waals surface area contributed by atoms with Gasteiger partial charge in [0.2, 0.25) is 0 Å². The van der Waals surface area contributed by atoms with Crippen molar-refractivity contribution in [2.24, 2.45) is 17.8 Å². The smallest absolute Gasteiger partial charge is 0.334 e. The molecule has 3 nitrogen and oxygen atoms in total. The summed E-state index contributed by atoms with van der Waals surface area (Å²) in [6.45, 7) is 7.12. The maximum Gasteiger partial charge on any atom is 0.334 e. The fraction of sp³-hybridized carbons (Fsp3) is 0.750. The number of ether oxygens (including phenoxy) is 2. The Hall–Kier alpha value is -1.09. The van der Waals surface area contributed by atoms with E-state index in [2.05, 4.69) is 26.8 Å². The summed E-state index contributed by atoms with van der Waals surface area (Å²) < 4.78 is 11.1. The summed E-state index contributed by atoms with van der Waals surface area (Å²) in [6.07, 6.45) is 9.78. The summed E-state index contributed by atoms with van der Waals surface area (Å²) in [6, 6.07) is 0. The van der Waals surface area contributed by atoms with Crippen LogP contribution in [0.15, 0.2) is 22.8 Å². The van der Waals surface area contributed by atoms with Gasteiger partial charge >= 0.3 is 5.97 Å². The standard InChI is InChI=1S/C20H28O3/c1-12(7-10-16-20(2,3)23-16)15-9-8-13-5-4-6-14-11-22-19(21)18(14)17(13)15/h7,13,15-17H,4-6,8-11H2,1-3H3/b12-7+/t13?,15-,16?,17?/m1/s1. The fourth-order valence-electron chi connectivity index (χ4n) is 5.07. The van der Waals surface area contributed by atoms with E-state index in [0.717, 1.165) is 18.4 Å². The van der Waals surface area contributed by atoms with E-state index in [1.165, 1.54) is 36.8 Å². The van der Waals surface area contributed by atoms with Crippen molar-refractivity contribution in [2.75, 3.05) is 6.61 Å². The first kappa shape index (κ1) is 15.4. The van der Waals surface area contributed by atoms with Crippen LogP contribution in [0.5, 0.6) is 0 Å². The van der Waals surface area contributed by atoms with Gasteiger partial charge in [-0.25, -0.2) is 4.79 Å². The Morgan fingerprint density at radius 1 is 1.30 bits per heavy atom. The molecule has 4 aliphatic rings. The van der Waals surface area contributed by atoms with E-state index in [9.17, 15) is 4.79 Å². The number of allylic oxidation sites excluding steroid dienone is 1. The van der Waals surface area contributed by atoms with Crippen LogP contribution in [0.4, 0.5) is 0 Å². The second-order valence-corrected chi connectivity index (χ2v) is 8.35. The Bertz CT molecular complexity index is 584. The van der Waals surface area contributed by atoms with Gasteiger partial charge < -0.3 is 9.47 Å². The van der Waals surface area contributed by atoms with Crippen molar-refractivity contribution in [3.8, 4) is 0 Å². The number of fused-ring (bicyclic) bond motifs is 2. The van der Waals surface area contributed by atoms with Gasteiger partial charge in [0.1, 0.15) is 6.61 Å². The summed E-state index contributed by atoms with van der Waals surface area (Å²) in [4.78, 5) is 12.3. The monoisotopic (exact) mass is 316 g/mol. The molecular weight excluding hydrogens is 288 g/mol. The zero-order valence-corrected chi connectivity index (χ0v) is 14.6. The first-order valence-electron chi connectivity index (χ1n) is 9.21. The number of rotatable bonds is 3. The summed E-state index contributed by atoms with van der Waals surface area (Å²) in [7, 11) is 0. The molecule has 0 spiro atoms. The van der Waals surface area contributed by atoms with Gasteiger partial charge in [-0.3, -0.25) is 0 Å². The predicted molar refractivity (Wildman–Crippen MR) is 88.9 cm³/mol. The van der Waals surface area contributed by atoms with Crippen molar-refractivity contribution in [1.29, 1.82) is 0 Å². The Labute approximate surface area is 139 Å². The van der Waals surface area contributed by atoms with Gasteiger partial charge in [0, 0.05) is 11.5 Å². The number of epoxide rings is 1. The van der Waals surface area contributed by atoms with Crippen molar-refractivity contribution in [3.05, 3.63) is 22.8 Å². The predicted octanol–water partition coefficient (Wildman–Crippen LogP) is 4.18. The first-order valence-corrected chi connectivity index (χ1v) is 9.21. The van der Waals surface area contributed by atoms with Crippen molar-refractivity contribution < 1.29 is 14.3 Å². The van der Waals surface area contributed by atoms with Crippen molar-refractivity contribution in [2.45, 2.75) is 71.0 Å². The topological polar surface area (TPSA) is 38.8 Å². The molecule has 1 saturated heterocycles. The van der Waals surface area contributed by atoms with Crippen molar-refractivity contribution in [3.63, 3.8) is 0 Å². The molecule has 3 unspecified atom stereocenters. The third kappa shape index (κ3) is 2.67. The molecule has 0 aromatic rings. The van der Waals surface area contributed by atoms with Crippen LogP contribution in [0.1, 0.15) is 59.3 Å². The highest BCUT2D eigenvalue weighted by molar-refractivity contribution is 5.92. The highest BCUT2D eigenvalue weighted by Crippen LogP contribution is 2.51. The molecule has 23 heavy (non-hydrogen) atoms. The second kappa shape index (κ2) is 5.47. The van der Waals surface area contributed by atoms with Gasteiger partial charge in [-0.05, 0) is 76.7 Å². The molecule has 2 aliphatic carbocycles. The van der Waals surface area contributed by atoms with Crippen LogP contribution in [0.2, 0.25) is 0 Å². The zero-order valence-electron chi connectivity index (χ0n) is 14.6. The molecular formula is C20H28O3. The van der Waals surface area contributed by atoms with Gasteiger partial charge in [0.05, 0.1) is 11.7 Å². The van der Waals surface area contributed by atoms with Crippen molar-refractivity contribution >= 4 is 5.97 Å². The summed E-state index contributed by atoms with van der Waals surface area (Å²) in [5.41, 5.74) is 3.87. The molecule has 0 N–H and O–H groups in total. The van der Waals surface area contributed by atoms with E-state index in [-0.39, 0.29) is 11.6 Å². The maximum absolute atomic E-state index is 12.3. The number of esters is 1. The second-order valence-electron chi connectivity index (χ2n) is 8.35. The molecule has 3 heteroatoms. The summed E-state index contributed by atoms with van der Waals surface area (Å²) >= 11 is 0. The normalized spacial score (nSPS) is 38.9. The molecule has 2 heterocycles. The Kier molecular flexibility index (Phi) is 3.67. The number of hydrogen-bond acceptors (Lipinski definition) is 3. The van der Waals surface area contributed by atoms with E-state index in [4.69, 9.17) is 9.47 Å². The maximum atomic E-state index is 12.3. The van der Waals surface area contributed by atoms with Crippen LogP contribution in [-0.2, 0) is 14.3 Å². The number of carbonyl (C=O) groups is 1. The molecule has 0 aromatic carbocycles. The molecule has 1 saturated carbocycles. The Morgan fingerprint density at radius 2 is 2.09 bits per heavy atom. The molecule has 0 aromatic heterocycles. The fourth-order valence-corrected chi connectivity index (χ4v) is 5.07. The first-order chi connectivity index (χ1) is 11.0. The van der Waals surface area contributed by atoms with E-state index in [1.54, 1.807) is 0 Å². The highest BCUT2D eigenvalue weighted by Gasteiger charge is 2.48. The van der Waals surface area contributed by atoms with Crippen LogP contribution >= 0.6 is 0 Å². The minimum absolute atomic E-state index is 0.0248. The van der Waals surface area contributed by atoms with E-state index >= 15 is 0 Å². The Morgan fingerprint density at radius 3 is 2.83 bits per heavy atom. The van der Waals surface area contributed by atoms with E-state index < -0.39 is 0 Å². The molecule has 0 amide bonds. The molecule has 0 radical (unpaired) electrons. The number of cyclic esters (lactones) is 1. The largest absolute Gasteiger partial charge is 0.458 e. The van der Waals surface area contributed by atoms with Crippen molar-refractivity contribution in [1.82, 2.24) is 0 Å². The molecule has 2 aliphatic heterocycles. The SMILES string of the molecule is C/C(=C\CC1OC1(C)C)[C@H]1CCC2CCCC3=C(C(=O)OC3)C21. The highest BCUT2D eigenvalue weighted by atomic mass is 16.6. The van der Waals surface area contributed by atoms with E-state index in [0.29, 0.717) is 30.5 Å². The third-order valence-electron chi connectivity index (χ3n) is 6.56. The van der Waals surface area contributed by atoms with Gasteiger partial charge in [-0.2, -0.15) is 0 Å². The summed E-state index contributed by atoms with van der Waals surface area (Å²) in [5.74, 6) is 1.58. The minimum atomic E-state index is -0.0248. The third-order valence-corrected chi connectivity index (χ3v) is 6.56. The average molecular weight is 316 g/mol. The van der Waals surface area contributed by atoms with Crippen LogP contribution in [0.3, 0.4) is 0 Å². The quantitative estimate of drug-likeness (QED) is 0.445. The molecule has 4 atom stereocenters. The minimum Gasteiger partial charge on any atom is -0.458 e. The molecule has 4 rings (SSSR count). The van der Waals surface area contributed by atoms with Crippen LogP contribution in [0.25, 0.3) is 0 Å². The van der Waals surface area contributed by atoms with Crippen LogP contribution in [0, 0.1) is 17.8 Å². The van der Waals surface area contributed by atoms with E-state index in [1.807, 2.05) is 0 Å².